The van der Waals surface area contributed by atoms with Crippen molar-refractivity contribution in [1.82, 2.24) is 9.78 Å². The summed E-state index contributed by atoms with van der Waals surface area (Å²) in [7, 11) is 1.85. The van der Waals surface area contributed by atoms with Gasteiger partial charge in [-0.05, 0) is 13.3 Å². The maximum atomic E-state index is 11.7. The lowest BCUT2D eigenvalue weighted by Crippen LogP contribution is -2.23. The first kappa shape index (κ1) is 10.2. The predicted octanol–water partition coefficient (Wildman–Crippen LogP) is 0.704. The van der Waals surface area contributed by atoms with Crippen LogP contribution < -0.4 is 5.32 Å². The average Bonchev–Trinajstić information content (AvgIpc) is 2.83. The maximum absolute atomic E-state index is 11.7. The minimum atomic E-state index is -0.00962. The predicted molar refractivity (Wildman–Crippen MR) is 55.5 cm³/mol. The number of hydrogen-bond acceptors (Lipinski definition) is 3. The number of carbonyl (C=O) groups excluding carboxylic acids is 1. The van der Waals surface area contributed by atoms with E-state index in [1.54, 1.807) is 10.9 Å². The highest BCUT2D eigenvalue weighted by atomic mass is 16.5. The quantitative estimate of drug-likeness (QED) is 0.780. The highest BCUT2D eigenvalue weighted by Gasteiger charge is 2.24. The molecular formula is C10H15N3O2. The van der Waals surface area contributed by atoms with E-state index in [0.29, 0.717) is 13.2 Å². The molecule has 1 fully saturated rings. The SMILES string of the molecule is Cc1c(NC(=O)[C@H]2CCOC2)cnn1C. The molecule has 2 heterocycles. The lowest BCUT2D eigenvalue weighted by atomic mass is 10.1. The highest BCUT2D eigenvalue weighted by molar-refractivity contribution is 5.93. The van der Waals surface area contributed by atoms with Crippen LogP contribution in [0.5, 0.6) is 0 Å². The average molecular weight is 209 g/mol. The van der Waals surface area contributed by atoms with Gasteiger partial charge in [0.15, 0.2) is 0 Å². The molecular weight excluding hydrogens is 194 g/mol. The molecule has 0 aliphatic carbocycles. The lowest BCUT2D eigenvalue weighted by Gasteiger charge is -2.08. The summed E-state index contributed by atoms with van der Waals surface area (Å²) in [5.74, 6) is 0.0215. The molecule has 1 amide bonds. The van der Waals surface area contributed by atoms with Gasteiger partial charge in [0.05, 0.1) is 30.1 Å². The van der Waals surface area contributed by atoms with Crippen LogP contribution in [0, 0.1) is 12.8 Å². The molecule has 1 atom stereocenters. The first-order chi connectivity index (χ1) is 7.18. The van der Waals surface area contributed by atoms with Gasteiger partial charge in [-0.3, -0.25) is 9.48 Å². The number of aromatic nitrogens is 2. The molecule has 1 aromatic rings. The molecule has 15 heavy (non-hydrogen) atoms. The van der Waals surface area contributed by atoms with Gasteiger partial charge in [-0.15, -0.1) is 0 Å². The number of hydrogen-bond donors (Lipinski definition) is 1. The van der Waals surface area contributed by atoms with Gasteiger partial charge >= 0.3 is 0 Å². The van der Waals surface area contributed by atoms with Crippen molar-refractivity contribution in [1.29, 1.82) is 0 Å². The molecule has 0 saturated carbocycles. The van der Waals surface area contributed by atoms with E-state index in [1.165, 1.54) is 0 Å². The normalized spacial score (nSPS) is 20.5. The minimum Gasteiger partial charge on any atom is -0.381 e. The number of ether oxygens (including phenoxy) is 1. The Balaban J connectivity index is 2.02. The molecule has 1 aliphatic rings. The van der Waals surface area contributed by atoms with Crippen LogP contribution in [-0.2, 0) is 16.6 Å². The van der Waals surface area contributed by atoms with E-state index in [0.717, 1.165) is 17.8 Å². The molecule has 2 rings (SSSR count). The largest absolute Gasteiger partial charge is 0.381 e. The van der Waals surface area contributed by atoms with Crippen molar-refractivity contribution < 1.29 is 9.53 Å². The zero-order valence-corrected chi connectivity index (χ0v) is 8.99. The summed E-state index contributed by atoms with van der Waals surface area (Å²) < 4.78 is 6.91. The van der Waals surface area contributed by atoms with Crippen LogP contribution in [0.4, 0.5) is 5.69 Å². The first-order valence-corrected chi connectivity index (χ1v) is 5.05. The van der Waals surface area contributed by atoms with Crippen LogP contribution in [0.15, 0.2) is 6.20 Å². The van der Waals surface area contributed by atoms with Crippen molar-refractivity contribution in [2.75, 3.05) is 18.5 Å². The Hall–Kier alpha value is -1.36. The Kier molecular flexibility index (Phi) is 2.73. The van der Waals surface area contributed by atoms with Crippen molar-refractivity contribution >= 4 is 11.6 Å². The summed E-state index contributed by atoms with van der Waals surface area (Å²) in [6, 6.07) is 0. The molecule has 5 heteroatoms. The van der Waals surface area contributed by atoms with Gasteiger partial charge in [0.1, 0.15) is 0 Å². The Morgan fingerprint density at radius 1 is 1.73 bits per heavy atom. The van der Waals surface area contributed by atoms with Gasteiger partial charge in [0.25, 0.3) is 0 Å². The number of amides is 1. The summed E-state index contributed by atoms with van der Waals surface area (Å²) >= 11 is 0. The van der Waals surface area contributed by atoms with Crippen LogP contribution in [0.2, 0.25) is 0 Å². The van der Waals surface area contributed by atoms with E-state index in [9.17, 15) is 4.79 Å². The third kappa shape index (κ3) is 2.02. The van der Waals surface area contributed by atoms with Crippen LogP contribution in [0.1, 0.15) is 12.1 Å². The molecule has 82 valence electrons. The van der Waals surface area contributed by atoms with Gasteiger partial charge in [-0.25, -0.2) is 0 Å². The monoisotopic (exact) mass is 209 g/mol. The minimum absolute atomic E-state index is 0.00962. The van der Waals surface area contributed by atoms with Gasteiger partial charge in [0, 0.05) is 13.7 Å². The zero-order chi connectivity index (χ0) is 10.8. The Labute approximate surface area is 88.4 Å². The molecule has 0 unspecified atom stereocenters. The molecule has 5 nitrogen and oxygen atoms in total. The molecule has 0 aromatic carbocycles. The number of aryl methyl sites for hydroxylation is 1. The fraction of sp³-hybridized carbons (Fsp3) is 0.600. The second kappa shape index (κ2) is 4.02. The lowest BCUT2D eigenvalue weighted by molar-refractivity contribution is -0.119. The van der Waals surface area contributed by atoms with Crippen molar-refractivity contribution in [2.45, 2.75) is 13.3 Å². The maximum Gasteiger partial charge on any atom is 0.229 e. The smallest absolute Gasteiger partial charge is 0.229 e. The summed E-state index contributed by atoms with van der Waals surface area (Å²) in [6.45, 7) is 3.14. The van der Waals surface area contributed by atoms with Gasteiger partial charge < -0.3 is 10.1 Å². The zero-order valence-electron chi connectivity index (χ0n) is 8.99. The van der Waals surface area contributed by atoms with Crippen LogP contribution in [0.3, 0.4) is 0 Å². The van der Waals surface area contributed by atoms with E-state index in [1.807, 2.05) is 14.0 Å². The molecule has 1 aliphatic heterocycles. The van der Waals surface area contributed by atoms with Crippen molar-refractivity contribution in [2.24, 2.45) is 13.0 Å². The van der Waals surface area contributed by atoms with Gasteiger partial charge in [-0.1, -0.05) is 0 Å². The van der Waals surface area contributed by atoms with E-state index >= 15 is 0 Å². The second-order valence-corrected chi connectivity index (χ2v) is 3.82. The Morgan fingerprint density at radius 2 is 2.53 bits per heavy atom. The van der Waals surface area contributed by atoms with Crippen LogP contribution in [0.25, 0.3) is 0 Å². The molecule has 0 bridgehead atoms. The molecule has 1 saturated heterocycles. The third-order valence-electron chi connectivity index (χ3n) is 2.79. The summed E-state index contributed by atoms with van der Waals surface area (Å²) in [6.07, 6.45) is 2.48. The van der Waals surface area contributed by atoms with E-state index in [2.05, 4.69) is 10.4 Å². The Bertz CT molecular complexity index is 367. The van der Waals surface area contributed by atoms with Gasteiger partial charge in [0.2, 0.25) is 5.91 Å². The van der Waals surface area contributed by atoms with Crippen LogP contribution in [-0.4, -0.2) is 28.9 Å². The van der Waals surface area contributed by atoms with Gasteiger partial charge in [-0.2, -0.15) is 5.10 Å². The molecule has 0 spiro atoms. The van der Waals surface area contributed by atoms with Crippen molar-refractivity contribution in [3.63, 3.8) is 0 Å². The molecule has 1 N–H and O–H groups in total. The molecule has 0 radical (unpaired) electrons. The number of rotatable bonds is 2. The summed E-state index contributed by atoms with van der Waals surface area (Å²) in [4.78, 5) is 11.7. The standard InChI is InChI=1S/C10H15N3O2/c1-7-9(5-11-13(7)2)12-10(14)8-3-4-15-6-8/h5,8H,3-4,6H2,1-2H3,(H,12,14)/t8-/m0/s1. The topological polar surface area (TPSA) is 56.1 Å². The highest BCUT2D eigenvalue weighted by Crippen LogP contribution is 2.17. The second-order valence-electron chi connectivity index (χ2n) is 3.82. The number of anilines is 1. The van der Waals surface area contributed by atoms with E-state index < -0.39 is 0 Å². The van der Waals surface area contributed by atoms with E-state index in [-0.39, 0.29) is 11.8 Å². The Morgan fingerprint density at radius 3 is 3.07 bits per heavy atom. The van der Waals surface area contributed by atoms with E-state index in [4.69, 9.17) is 4.74 Å². The fourth-order valence-electron chi connectivity index (χ4n) is 1.60. The fourth-order valence-corrected chi connectivity index (χ4v) is 1.60. The summed E-state index contributed by atoms with van der Waals surface area (Å²) in [5, 5.41) is 6.94. The van der Waals surface area contributed by atoms with Crippen LogP contribution >= 0.6 is 0 Å². The van der Waals surface area contributed by atoms with Crippen molar-refractivity contribution in [3.8, 4) is 0 Å². The third-order valence-corrected chi connectivity index (χ3v) is 2.79. The molecule has 1 aromatic heterocycles. The number of nitrogens with one attached hydrogen (secondary N) is 1. The van der Waals surface area contributed by atoms with Crippen molar-refractivity contribution in [3.05, 3.63) is 11.9 Å². The summed E-state index contributed by atoms with van der Waals surface area (Å²) in [5.41, 5.74) is 1.75. The number of carbonyl (C=O) groups is 1. The first-order valence-electron chi connectivity index (χ1n) is 5.05. The number of nitrogens with zero attached hydrogens (tertiary/aromatic N) is 2.